The number of nitrogens with zero attached hydrogens (tertiary/aromatic N) is 1. The van der Waals surface area contributed by atoms with E-state index < -0.39 is 0 Å². The molecule has 0 spiro atoms. The quantitative estimate of drug-likeness (QED) is 0.353. The predicted molar refractivity (Wildman–Crippen MR) is 133 cm³/mol. The van der Waals surface area contributed by atoms with E-state index in [0.29, 0.717) is 29.2 Å². The molecule has 2 N–H and O–H groups in total. The molecule has 33 heavy (non-hydrogen) atoms. The third-order valence-electron chi connectivity index (χ3n) is 7.03. The highest BCUT2D eigenvalue weighted by Gasteiger charge is 2.31. The number of hydrogen-bond donors (Lipinski definition) is 2. The number of aromatic nitrogens is 2. The number of benzene rings is 2. The van der Waals surface area contributed by atoms with E-state index in [1.54, 1.807) is 6.07 Å². The molecule has 0 fully saturated rings. The molecule has 0 saturated heterocycles. The van der Waals surface area contributed by atoms with Crippen LogP contribution in [0.2, 0.25) is 0 Å². The Kier molecular flexibility index (Phi) is 7.29. The molecule has 0 radical (unpaired) electrons. The Morgan fingerprint density at radius 2 is 2.00 bits per heavy atom. The number of allylic oxidation sites excluding steroid dienone is 1. The van der Waals surface area contributed by atoms with Crippen molar-refractivity contribution in [3.63, 3.8) is 0 Å². The van der Waals surface area contributed by atoms with E-state index in [9.17, 15) is 4.79 Å². The molecule has 174 valence electrons. The van der Waals surface area contributed by atoms with Crippen LogP contribution in [0.4, 0.5) is 0 Å². The summed E-state index contributed by atoms with van der Waals surface area (Å²) >= 11 is 0. The lowest BCUT2D eigenvalue weighted by atomic mass is 9.70. The van der Waals surface area contributed by atoms with Crippen LogP contribution in [0, 0.1) is 23.7 Å². The minimum absolute atomic E-state index is 0.328. The summed E-state index contributed by atoms with van der Waals surface area (Å²) in [5.41, 5.74) is 5.09. The van der Waals surface area contributed by atoms with E-state index in [0.717, 1.165) is 36.4 Å². The number of carbonyl (C=O) groups is 1. The molecule has 0 aliphatic heterocycles. The second-order valence-electron chi connectivity index (χ2n) is 9.64. The third-order valence-corrected chi connectivity index (χ3v) is 7.03. The van der Waals surface area contributed by atoms with Gasteiger partial charge in [0.05, 0.1) is 23.7 Å². The maximum atomic E-state index is 11.8. The first kappa shape index (κ1) is 23.2. The number of H-pyrrole nitrogens is 1. The lowest BCUT2D eigenvalue weighted by Crippen LogP contribution is -2.34. The summed E-state index contributed by atoms with van der Waals surface area (Å²) in [5, 5.41) is 3.68. The summed E-state index contributed by atoms with van der Waals surface area (Å²) in [4.78, 5) is 20.1. The van der Waals surface area contributed by atoms with Crippen LogP contribution in [0.3, 0.4) is 0 Å². The minimum Gasteiger partial charge on any atom is -0.465 e. The number of imidazole rings is 1. The number of hydrogen-bond acceptors (Lipinski definition) is 4. The Labute approximate surface area is 196 Å². The van der Waals surface area contributed by atoms with E-state index in [1.807, 2.05) is 12.1 Å². The van der Waals surface area contributed by atoms with Gasteiger partial charge in [0.1, 0.15) is 5.82 Å². The lowest BCUT2D eigenvalue weighted by Gasteiger charge is -2.37. The first-order chi connectivity index (χ1) is 15.9. The van der Waals surface area contributed by atoms with Gasteiger partial charge in [-0.1, -0.05) is 55.8 Å². The lowest BCUT2D eigenvalue weighted by molar-refractivity contribution is 0.0601. The van der Waals surface area contributed by atoms with Crippen LogP contribution in [0.25, 0.3) is 11.0 Å². The van der Waals surface area contributed by atoms with Crippen LogP contribution in [-0.2, 0) is 17.7 Å². The molecular formula is C28H35N3O2. The van der Waals surface area contributed by atoms with Gasteiger partial charge in [0.25, 0.3) is 0 Å². The first-order valence-corrected chi connectivity index (χ1v) is 11.9. The summed E-state index contributed by atoms with van der Waals surface area (Å²) in [6.07, 6.45) is 4.55. The zero-order valence-corrected chi connectivity index (χ0v) is 20.1. The highest BCUT2D eigenvalue weighted by molar-refractivity contribution is 5.93. The fourth-order valence-corrected chi connectivity index (χ4v) is 5.12. The summed E-state index contributed by atoms with van der Waals surface area (Å²) < 4.78 is 4.84. The summed E-state index contributed by atoms with van der Waals surface area (Å²) in [6.45, 7) is 8.86. The number of aromatic amines is 1. The Morgan fingerprint density at radius 3 is 2.73 bits per heavy atom. The molecule has 3 aromatic rings. The van der Waals surface area contributed by atoms with Crippen molar-refractivity contribution < 1.29 is 9.53 Å². The number of esters is 1. The molecule has 1 aliphatic rings. The maximum absolute atomic E-state index is 11.8. The van der Waals surface area contributed by atoms with Crippen LogP contribution >= 0.6 is 0 Å². The van der Waals surface area contributed by atoms with Gasteiger partial charge in [-0.3, -0.25) is 0 Å². The van der Waals surface area contributed by atoms with Crippen molar-refractivity contribution in [3.8, 4) is 0 Å². The average Bonchev–Trinajstić information content (AvgIpc) is 3.22. The Balaban J connectivity index is 1.45. The number of nitrogens with one attached hydrogen (secondary N) is 2. The molecule has 0 amide bonds. The third kappa shape index (κ3) is 5.53. The van der Waals surface area contributed by atoms with Crippen molar-refractivity contribution in [2.24, 2.45) is 23.7 Å². The minimum atomic E-state index is -0.328. The van der Waals surface area contributed by atoms with Gasteiger partial charge in [0.2, 0.25) is 0 Å². The fraction of sp³-hybridized carbons (Fsp3) is 0.429. The van der Waals surface area contributed by atoms with Crippen LogP contribution in [0.15, 0.2) is 60.2 Å². The summed E-state index contributed by atoms with van der Waals surface area (Å²) in [7, 11) is 1.40. The molecule has 4 rings (SSSR count). The molecule has 2 aromatic carbocycles. The summed E-state index contributed by atoms with van der Waals surface area (Å²) in [5.74, 6) is 2.93. The van der Waals surface area contributed by atoms with E-state index in [2.05, 4.69) is 67.5 Å². The Bertz CT molecular complexity index is 1120. The number of ether oxygens (including phenoxy) is 1. The second kappa shape index (κ2) is 10.3. The van der Waals surface area contributed by atoms with E-state index in [1.165, 1.54) is 24.7 Å². The van der Waals surface area contributed by atoms with Gasteiger partial charge < -0.3 is 15.0 Å². The standard InChI is InChI=1S/C28H35N3O2/c1-18(2)24-13-22(19(3)12-23(24)17-29-16-20-8-6-5-7-9-20)15-27-30-25-11-10-21(28(32)33-4)14-26(25)31-27/h5-12,14,18,22-24,29H,13,15-17H2,1-4H3,(H,30,31)/t22-,23-,24-/m0/s1. The van der Waals surface area contributed by atoms with Crippen molar-refractivity contribution in [3.05, 3.63) is 77.1 Å². The van der Waals surface area contributed by atoms with Crippen molar-refractivity contribution in [1.29, 1.82) is 0 Å². The number of fused-ring (bicyclic) bond motifs is 1. The van der Waals surface area contributed by atoms with Gasteiger partial charge in [0.15, 0.2) is 0 Å². The summed E-state index contributed by atoms with van der Waals surface area (Å²) in [6, 6.07) is 16.1. The topological polar surface area (TPSA) is 67.0 Å². The predicted octanol–water partition coefficient (Wildman–Crippen LogP) is 5.54. The van der Waals surface area contributed by atoms with Gasteiger partial charge >= 0.3 is 5.97 Å². The van der Waals surface area contributed by atoms with Crippen molar-refractivity contribution in [1.82, 2.24) is 15.3 Å². The van der Waals surface area contributed by atoms with Crippen LogP contribution in [-0.4, -0.2) is 29.6 Å². The monoisotopic (exact) mass is 445 g/mol. The number of methoxy groups -OCH3 is 1. The van der Waals surface area contributed by atoms with E-state index >= 15 is 0 Å². The van der Waals surface area contributed by atoms with Crippen molar-refractivity contribution >= 4 is 17.0 Å². The van der Waals surface area contributed by atoms with Gasteiger partial charge in [-0.2, -0.15) is 0 Å². The SMILES string of the molecule is COC(=O)c1ccc2nc(C[C@@H]3C[C@@H](C(C)C)[C@H](CNCc4ccccc4)C=C3C)[nH]c2c1. The second-order valence-corrected chi connectivity index (χ2v) is 9.64. The molecular weight excluding hydrogens is 410 g/mol. The molecule has 0 saturated carbocycles. The van der Waals surface area contributed by atoms with Gasteiger partial charge in [0, 0.05) is 19.5 Å². The normalized spacial score (nSPS) is 20.8. The number of rotatable bonds is 8. The van der Waals surface area contributed by atoms with Crippen LogP contribution in [0.1, 0.15) is 48.9 Å². The van der Waals surface area contributed by atoms with Crippen molar-refractivity contribution in [2.75, 3.05) is 13.7 Å². The molecule has 1 aliphatic carbocycles. The zero-order valence-electron chi connectivity index (χ0n) is 20.1. The highest BCUT2D eigenvalue weighted by Crippen LogP contribution is 2.38. The molecule has 5 nitrogen and oxygen atoms in total. The smallest absolute Gasteiger partial charge is 0.337 e. The Morgan fingerprint density at radius 1 is 1.21 bits per heavy atom. The van der Waals surface area contributed by atoms with Crippen LogP contribution < -0.4 is 5.32 Å². The highest BCUT2D eigenvalue weighted by atomic mass is 16.5. The molecule has 1 aromatic heterocycles. The maximum Gasteiger partial charge on any atom is 0.337 e. The van der Waals surface area contributed by atoms with Crippen LogP contribution in [0.5, 0.6) is 0 Å². The van der Waals surface area contributed by atoms with E-state index in [4.69, 9.17) is 9.72 Å². The molecule has 0 unspecified atom stereocenters. The fourth-order valence-electron chi connectivity index (χ4n) is 5.12. The molecule has 0 bridgehead atoms. The molecule has 1 heterocycles. The average molecular weight is 446 g/mol. The molecule has 5 heteroatoms. The van der Waals surface area contributed by atoms with Gasteiger partial charge in [-0.25, -0.2) is 9.78 Å². The largest absolute Gasteiger partial charge is 0.465 e. The first-order valence-electron chi connectivity index (χ1n) is 11.9. The number of carbonyl (C=O) groups excluding carboxylic acids is 1. The Hall–Kier alpha value is -2.92. The molecule has 3 atom stereocenters. The van der Waals surface area contributed by atoms with E-state index in [-0.39, 0.29) is 5.97 Å². The van der Waals surface area contributed by atoms with Gasteiger partial charge in [-0.05, 0) is 60.8 Å². The van der Waals surface area contributed by atoms with Crippen molar-refractivity contribution in [2.45, 2.75) is 40.2 Å². The van der Waals surface area contributed by atoms with Gasteiger partial charge in [-0.15, -0.1) is 0 Å². The zero-order chi connectivity index (χ0) is 23.4.